The lowest BCUT2D eigenvalue weighted by Crippen LogP contribution is -2.20. The first-order valence-corrected chi connectivity index (χ1v) is 9.94. The molecule has 0 fully saturated rings. The molecular formula is C28H22O. The summed E-state index contributed by atoms with van der Waals surface area (Å²) in [6, 6.07) is 37.4. The third-order valence-corrected chi connectivity index (χ3v) is 5.78. The first-order chi connectivity index (χ1) is 14.2. The van der Waals surface area contributed by atoms with Gasteiger partial charge in [0.25, 0.3) is 0 Å². The summed E-state index contributed by atoms with van der Waals surface area (Å²) in [5.74, 6) is 0. The Hall–Kier alpha value is -3.42. The zero-order valence-corrected chi connectivity index (χ0v) is 16.3. The average Bonchev–Trinajstić information content (AvgIpc) is 3.02. The van der Waals surface area contributed by atoms with Crippen molar-refractivity contribution in [1.82, 2.24) is 0 Å². The molecule has 1 unspecified atom stereocenters. The molecule has 1 aliphatic rings. The van der Waals surface area contributed by atoms with Crippen molar-refractivity contribution in [2.75, 3.05) is 0 Å². The molecule has 1 heteroatoms. The molecule has 1 nitrogen and oxygen atoms in total. The maximum atomic E-state index is 11.7. The van der Waals surface area contributed by atoms with Crippen LogP contribution in [0.1, 0.15) is 29.2 Å². The molecule has 1 N–H and O–H groups in total. The van der Waals surface area contributed by atoms with Crippen LogP contribution in [-0.2, 0) is 5.60 Å². The van der Waals surface area contributed by atoms with Crippen LogP contribution >= 0.6 is 0 Å². The normalized spacial score (nSPS) is 18.0. The first-order valence-electron chi connectivity index (χ1n) is 9.94. The van der Waals surface area contributed by atoms with E-state index in [1.54, 1.807) is 0 Å². The van der Waals surface area contributed by atoms with Crippen LogP contribution in [0.15, 0.2) is 109 Å². The second kappa shape index (κ2) is 6.88. The van der Waals surface area contributed by atoms with Gasteiger partial charge >= 0.3 is 0 Å². The summed E-state index contributed by atoms with van der Waals surface area (Å²) in [6.45, 7) is 1.91. The van der Waals surface area contributed by atoms with E-state index in [0.717, 1.165) is 39.0 Å². The van der Waals surface area contributed by atoms with Gasteiger partial charge in [0.2, 0.25) is 0 Å². The zero-order chi connectivity index (χ0) is 19.8. The maximum Gasteiger partial charge on any atom is 0.114 e. The Morgan fingerprint density at radius 2 is 1.07 bits per heavy atom. The molecule has 5 rings (SSSR count). The first kappa shape index (κ1) is 17.7. The highest BCUT2D eigenvalue weighted by Gasteiger charge is 2.41. The fourth-order valence-corrected chi connectivity index (χ4v) is 4.43. The van der Waals surface area contributed by atoms with Gasteiger partial charge in [-0.15, -0.1) is 0 Å². The van der Waals surface area contributed by atoms with Crippen LogP contribution in [0.2, 0.25) is 0 Å². The van der Waals surface area contributed by atoms with Crippen molar-refractivity contribution in [3.8, 4) is 11.1 Å². The molecule has 1 atom stereocenters. The van der Waals surface area contributed by atoms with E-state index in [2.05, 4.69) is 78.9 Å². The number of aliphatic hydroxyl groups is 1. The monoisotopic (exact) mass is 374 g/mol. The molecule has 0 saturated heterocycles. The van der Waals surface area contributed by atoms with Crippen LogP contribution in [0.3, 0.4) is 0 Å². The van der Waals surface area contributed by atoms with E-state index in [9.17, 15) is 5.11 Å². The molecular weight excluding hydrogens is 352 g/mol. The van der Waals surface area contributed by atoms with Crippen LogP contribution in [0.25, 0.3) is 22.3 Å². The minimum absolute atomic E-state index is 0.954. The molecule has 0 spiro atoms. The van der Waals surface area contributed by atoms with Gasteiger partial charge in [-0.25, -0.2) is 0 Å². The summed E-state index contributed by atoms with van der Waals surface area (Å²) < 4.78 is 0. The van der Waals surface area contributed by atoms with Crippen molar-refractivity contribution in [3.05, 3.63) is 131 Å². The SMILES string of the molecule is CC1(O)C(c2ccccc2)=C(c2ccccc2)c2cc(-c3ccccc3)ccc21. The van der Waals surface area contributed by atoms with Crippen molar-refractivity contribution in [2.24, 2.45) is 0 Å². The topological polar surface area (TPSA) is 20.2 Å². The van der Waals surface area contributed by atoms with E-state index >= 15 is 0 Å². The Labute approximate surface area is 171 Å². The second-order valence-corrected chi connectivity index (χ2v) is 7.68. The summed E-state index contributed by atoms with van der Waals surface area (Å²) in [7, 11) is 0. The van der Waals surface area contributed by atoms with E-state index in [1.807, 2.05) is 37.3 Å². The van der Waals surface area contributed by atoms with Gasteiger partial charge < -0.3 is 5.11 Å². The molecule has 140 valence electrons. The highest BCUT2D eigenvalue weighted by atomic mass is 16.3. The van der Waals surface area contributed by atoms with Gasteiger partial charge in [-0.3, -0.25) is 0 Å². The molecule has 0 saturated carbocycles. The van der Waals surface area contributed by atoms with Crippen LogP contribution in [0.5, 0.6) is 0 Å². The Morgan fingerprint density at radius 3 is 1.66 bits per heavy atom. The van der Waals surface area contributed by atoms with Gasteiger partial charge in [-0.2, -0.15) is 0 Å². The third kappa shape index (κ3) is 2.91. The minimum Gasteiger partial charge on any atom is -0.381 e. The number of hydrogen-bond acceptors (Lipinski definition) is 1. The molecule has 0 heterocycles. The minimum atomic E-state index is -1.06. The molecule has 0 bridgehead atoms. The Balaban J connectivity index is 1.81. The molecule has 1 aliphatic carbocycles. The van der Waals surface area contributed by atoms with E-state index in [4.69, 9.17) is 0 Å². The predicted octanol–water partition coefficient (Wildman–Crippen LogP) is 6.53. The largest absolute Gasteiger partial charge is 0.381 e. The molecule has 4 aromatic carbocycles. The highest BCUT2D eigenvalue weighted by Crippen LogP contribution is 2.52. The number of fused-ring (bicyclic) bond motifs is 1. The molecule has 0 amide bonds. The average molecular weight is 374 g/mol. The van der Waals surface area contributed by atoms with E-state index in [-0.39, 0.29) is 0 Å². The van der Waals surface area contributed by atoms with Crippen molar-refractivity contribution >= 4 is 11.1 Å². The number of hydrogen-bond donors (Lipinski definition) is 1. The Kier molecular flexibility index (Phi) is 4.19. The Morgan fingerprint density at radius 1 is 0.552 bits per heavy atom. The molecule has 29 heavy (non-hydrogen) atoms. The molecule has 4 aromatic rings. The van der Waals surface area contributed by atoms with Crippen LogP contribution in [0.4, 0.5) is 0 Å². The number of benzene rings is 4. The van der Waals surface area contributed by atoms with Gasteiger partial charge in [-0.05, 0) is 51.9 Å². The van der Waals surface area contributed by atoms with E-state index in [1.165, 1.54) is 5.56 Å². The fraction of sp³-hybridized carbons (Fsp3) is 0.0714. The predicted molar refractivity (Wildman–Crippen MR) is 120 cm³/mol. The molecule has 0 radical (unpaired) electrons. The van der Waals surface area contributed by atoms with Crippen molar-refractivity contribution in [3.63, 3.8) is 0 Å². The van der Waals surface area contributed by atoms with Crippen LogP contribution in [0, 0.1) is 0 Å². The number of rotatable bonds is 3. The smallest absolute Gasteiger partial charge is 0.114 e. The summed E-state index contributed by atoms with van der Waals surface area (Å²) in [5, 5.41) is 11.7. The van der Waals surface area contributed by atoms with Gasteiger partial charge in [0.1, 0.15) is 5.60 Å². The lowest BCUT2D eigenvalue weighted by atomic mass is 9.87. The Bertz CT molecular complexity index is 1190. The fourth-order valence-electron chi connectivity index (χ4n) is 4.43. The van der Waals surface area contributed by atoms with Crippen LogP contribution < -0.4 is 0 Å². The van der Waals surface area contributed by atoms with Gasteiger partial charge in [0, 0.05) is 5.57 Å². The van der Waals surface area contributed by atoms with Crippen molar-refractivity contribution in [2.45, 2.75) is 12.5 Å². The van der Waals surface area contributed by atoms with E-state index < -0.39 is 5.60 Å². The summed E-state index contributed by atoms with van der Waals surface area (Å²) in [6.07, 6.45) is 0. The molecule has 0 aromatic heterocycles. The van der Waals surface area contributed by atoms with Gasteiger partial charge in [0.15, 0.2) is 0 Å². The van der Waals surface area contributed by atoms with Crippen molar-refractivity contribution < 1.29 is 5.11 Å². The molecule has 0 aliphatic heterocycles. The van der Waals surface area contributed by atoms with E-state index in [0.29, 0.717) is 0 Å². The zero-order valence-electron chi connectivity index (χ0n) is 16.3. The summed E-state index contributed by atoms with van der Waals surface area (Å²) in [5.41, 5.74) is 7.56. The maximum absolute atomic E-state index is 11.7. The quantitative estimate of drug-likeness (QED) is 0.432. The van der Waals surface area contributed by atoms with Crippen molar-refractivity contribution in [1.29, 1.82) is 0 Å². The standard InChI is InChI=1S/C28H22O/c1-28(29)25-18-17-23(20-11-5-2-6-12-20)19-24(25)26(21-13-7-3-8-14-21)27(28)22-15-9-4-10-16-22/h2-19,29H,1H3. The van der Waals surface area contributed by atoms with Crippen LogP contribution in [-0.4, -0.2) is 5.11 Å². The highest BCUT2D eigenvalue weighted by molar-refractivity contribution is 6.07. The summed E-state index contributed by atoms with van der Waals surface area (Å²) in [4.78, 5) is 0. The second-order valence-electron chi connectivity index (χ2n) is 7.68. The summed E-state index contributed by atoms with van der Waals surface area (Å²) >= 11 is 0. The van der Waals surface area contributed by atoms with Gasteiger partial charge in [-0.1, -0.05) is 103 Å². The lowest BCUT2D eigenvalue weighted by Gasteiger charge is -2.24. The third-order valence-electron chi connectivity index (χ3n) is 5.78. The van der Waals surface area contributed by atoms with Gasteiger partial charge in [0.05, 0.1) is 0 Å². The lowest BCUT2D eigenvalue weighted by molar-refractivity contribution is 0.125.